The summed E-state index contributed by atoms with van der Waals surface area (Å²) in [6.07, 6.45) is -3.30. The highest BCUT2D eigenvalue weighted by molar-refractivity contribution is 5.80. The van der Waals surface area contributed by atoms with E-state index in [2.05, 4.69) is 5.32 Å². The van der Waals surface area contributed by atoms with E-state index in [0.29, 0.717) is 19.3 Å². The fraction of sp³-hybridized carbons (Fsp3) is 0.929. The van der Waals surface area contributed by atoms with Gasteiger partial charge in [-0.25, -0.2) is 0 Å². The van der Waals surface area contributed by atoms with Gasteiger partial charge >= 0.3 is 12.1 Å². The summed E-state index contributed by atoms with van der Waals surface area (Å²) < 4.78 is 45.4. The minimum Gasteiger partial charge on any atom is -0.468 e. The number of halogens is 3. The molecule has 1 atom stereocenters. The highest BCUT2D eigenvalue weighted by Crippen LogP contribution is 2.19. The van der Waals surface area contributed by atoms with Crippen molar-refractivity contribution in [2.75, 3.05) is 20.3 Å². The first-order valence-corrected chi connectivity index (χ1v) is 7.11. The Labute approximate surface area is 124 Å². The molecule has 0 radical (unpaired) electrons. The molecule has 0 aromatic heterocycles. The van der Waals surface area contributed by atoms with Crippen LogP contribution in [0, 0.1) is 0 Å². The number of ether oxygens (including phenoxy) is 2. The van der Waals surface area contributed by atoms with E-state index in [1.54, 1.807) is 6.92 Å². The van der Waals surface area contributed by atoms with E-state index in [1.165, 1.54) is 7.11 Å². The van der Waals surface area contributed by atoms with Gasteiger partial charge in [-0.1, -0.05) is 0 Å². The van der Waals surface area contributed by atoms with E-state index in [9.17, 15) is 18.0 Å². The summed E-state index contributed by atoms with van der Waals surface area (Å²) in [7, 11) is 1.34. The normalized spacial score (nSPS) is 15.0. The molecule has 0 aromatic rings. The molecule has 0 aromatic carbocycles. The lowest BCUT2D eigenvalue weighted by atomic mass is 9.94. The molecule has 4 nitrogen and oxygen atoms in total. The SMILES string of the molecule is COC(=O)C(C)(CCCCOCCC(F)(F)F)NC(C)C. The molecule has 0 bridgehead atoms. The van der Waals surface area contributed by atoms with Crippen molar-refractivity contribution in [3.63, 3.8) is 0 Å². The molecule has 0 fully saturated rings. The maximum absolute atomic E-state index is 11.9. The quantitative estimate of drug-likeness (QED) is 0.497. The van der Waals surface area contributed by atoms with Crippen LogP contribution in [0.3, 0.4) is 0 Å². The second-order valence-corrected chi connectivity index (χ2v) is 5.56. The van der Waals surface area contributed by atoms with Gasteiger partial charge in [0.15, 0.2) is 0 Å². The van der Waals surface area contributed by atoms with Crippen LogP contribution in [0.25, 0.3) is 0 Å². The third kappa shape index (κ3) is 9.68. The van der Waals surface area contributed by atoms with Crippen molar-refractivity contribution in [1.29, 1.82) is 0 Å². The third-order valence-corrected chi connectivity index (χ3v) is 2.99. The molecule has 0 rings (SSSR count). The van der Waals surface area contributed by atoms with Crippen molar-refractivity contribution < 1.29 is 27.4 Å². The van der Waals surface area contributed by atoms with Crippen LogP contribution in [0.1, 0.15) is 46.5 Å². The van der Waals surface area contributed by atoms with E-state index in [4.69, 9.17) is 9.47 Å². The van der Waals surface area contributed by atoms with Crippen LogP contribution < -0.4 is 5.32 Å². The first kappa shape index (κ1) is 20.2. The maximum Gasteiger partial charge on any atom is 0.391 e. The summed E-state index contributed by atoms with van der Waals surface area (Å²) in [6, 6.07) is 0.122. The Balaban J connectivity index is 3.97. The van der Waals surface area contributed by atoms with Crippen molar-refractivity contribution in [3.8, 4) is 0 Å². The summed E-state index contributed by atoms with van der Waals surface area (Å²) >= 11 is 0. The lowest BCUT2D eigenvalue weighted by Gasteiger charge is -2.30. The molecule has 7 heteroatoms. The van der Waals surface area contributed by atoms with Gasteiger partial charge in [0.25, 0.3) is 0 Å². The highest BCUT2D eigenvalue weighted by Gasteiger charge is 2.34. The van der Waals surface area contributed by atoms with Crippen molar-refractivity contribution >= 4 is 5.97 Å². The smallest absolute Gasteiger partial charge is 0.391 e. The van der Waals surface area contributed by atoms with Gasteiger partial charge in [-0.05, 0) is 40.0 Å². The number of rotatable bonds is 10. The standard InChI is InChI=1S/C14H26F3NO3/c1-11(2)18-13(3,12(19)20-4)7-5-6-9-21-10-8-14(15,16)17/h11,18H,5-10H2,1-4H3. The van der Waals surface area contributed by atoms with Gasteiger partial charge in [0.05, 0.1) is 20.1 Å². The molecule has 0 aliphatic heterocycles. The molecular weight excluding hydrogens is 287 g/mol. The van der Waals surface area contributed by atoms with E-state index in [0.717, 1.165) is 0 Å². The third-order valence-electron chi connectivity index (χ3n) is 2.99. The molecule has 0 aliphatic carbocycles. The number of hydrogen-bond acceptors (Lipinski definition) is 4. The zero-order valence-electron chi connectivity index (χ0n) is 13.2. The van der Waals surface area contributed by atoms with Crippen molar-refractivity contribution in [2.45, 2.75) is 64.2 Å². The Kier molecular flexibility index (Phi) is 8.89. The number of unbranched alkanes of at least 4 members (excludes halogenated alkanes) is 1. The summed E-state index contributed by atoms with van der Waals surface area (Å²) in [6.45, 7) is 5.57. The summed E-state index contributed by atoms with van der Waals surface area (Å²) in [4.78, 5) is 11.8. The predicted molar refractivity (Wildman–Crippen MR) is 74.0 cm³/mol. The van der Waals surface area contributed by atoms with Gasteiger partial charge in [0.2, 0.25) is 0 Å². The number of nitrogens with one attached hydrogen (secondary N) is 1. The Hall–Kier alpha value is -0.820. The Bertz CT molecular complexity index is 308. The van der Waals surface area contributed by atoms with Crippen LogP contribution in [-0.2, 0) is 14.3 Å². The lowest BCUT2D eigenvalue weighted by Crippen LogP contribution is -2.52. The fourth-order valence-electron chi connectivity index (χ4n) is 2.07. The molecule has 0 spiro atoms. The zero-order chi connectivity index (χ0) is 16.5. The van der Waals surface area contributed by atoms with Gasteiger partial charge in [0.1, 0.15) is 5.54 Å². The van der Waals surface area contributed by atoms with Gasteiger partial charge in [-0.3, -0.25) is 10.1 Å². The van der Waals surface area contributed by atoms with Crippen LogP contribution in [-0.4, -0.2) is 44.0 Å². The van der Waals surface area contributed by atoms with E-state index in [-0.39, 0.29) is 25.2 Å². The van der Waals surface area contributed by atoms with Gasteiger partial charge in [-0.15, -0.1) is 0 Å². The molecule has 0 saturated heterocycles. The molecule has 1 N–H and O–H groups in total. The van der Waals surface area contributed by atoms with Gasteiger partial charge in [0, 0.05) is 12.6 Å². The zero-order valence-corrected chi connectivity index (χ0v) is 13.2. The summed E-state index contributed by atoms with van der Waals surface area (Å²) in [5.74, 6) is -0.339. The predicted octanol–water partition coefficient (Wildman–Crippen LogP) is 3.06. The van der Waals surface area contributed by atoms with Crippen molar-refractivity contribution in [2.24, 2.45) is 0 Å². The van der Waals surface area contributed by atoms with E-state index in [1.807, 2.05) is 13.8 Å². The number of hydrogen-bond donors (Lipinski definition) is 1. The number of carbonyl (C=O) groups is 1. The average molecular weight is 313 g/mol. The molecule has 126 valence electrons. The number of carbonyl (C=O) groups excluding carboxylic acids is 1. The van der Waals surface area contributed by atoms with Crippen LogP contribution in [0.2, 0.25) is 0 Å². The fourth-order valence-corrected chi connectivity index (χ4v) is 2.07. The Morgan fingerprint density at radius 2 is 1.76 bits per heavy atom. The lowest BCUT2D eigenvalue weighted by molar-refractivity contribution is -0.149. The van der Waals surface area contributed by atoms with E-state index < -0.39 is 18.1 Å². The molecule has 21 heavy (non-hydrogen) atoms. The Morgan fingerprint density at radius 1 is 1.14 bits per heavy atom. The second-order valence-electron chi connectivity index (χ2n) is 5.56. The molecule has 0 amide bonds. The molecule has 0 heterocycles. The first-order valence-electron chi connectivity index (χ1n) is 7.11. The van der Waals surface area contributed by atoms with Crippen molar-refractivity contribution in [3.05, 3.63) is 0 Å². The monoisotopic (exact) mass is 313 g/mol. The highest BCUT2D eigenvalue weighted by atomic mass is 19.4. The molecule has 1 unspecified atom stereocenters. The average Bonchev–Trinajstić information content (AvgIpc) is 2.34. The second kappa shape index (κ2) is 9.25. The van der Waals surface area contributed by atoms with Crippen LogP contribution in [0.4, 0.5) is 13.2 Å². The minimum atomic E-state index is -4.18. The summed E-state index contributed by atoms with van der Waals surface area (Å²) in [5.41, 5.74) is -0.783. The topological polar surface area (TPSA) is 47.6 Å². The molecular formula is C14H26F3NO3. The van der Waals surface area contributed by atoms with Gasteiger partial charge in [-0.2, -0.15) is 13.2 Å². The van der Waals surface area contributed by atoms with Crippen LogP contribution >= 0.6 is 0 Å². The molecule has 0 aliphatic rings. The largest absolute Gasteiger partial charge is 0.468 e. The summed E-state index contributed by atoms with van der Waals surface area (Å²) in [5, 5.41) is 3.16. The van der Waals surface area contributed by atoms with Crippen molar-refractivity contribution in [1.82, 2.24) is 5.32 Å². The maximum atomic E-state index is 11.9. The number of esters is 1. The van der Waals surface area contributed by atoms with Gasteiger partial charge < -0.3 is 9.47 Å². The number of alkyl halides is 3. The first-order chi connectivity index (χ1) is 9.60. The van der Waals surface area contributed by atoms with E-state index >= 15 is 0 Å². The van der Waals surface area contributed by atoms with Crippen LogP contribution in [0.5, 0.6) is 0 Å². The van der Waals surface area contributed by atoms with Crippen LogP contribution in [0.15, 0.2) is 0 Å². The minimum absolute atomic E-state index is 0.122. The number of methoxy groups -OCH3 is 1. The Morgan fingerprint density at radius 3 is 2.24 bits per heavy atom. The molecule has 0 saturated carbocycles.